The first-order chi connectivity index (χ1) is 11.2. The molecule has 0 aliphatic heterocycles. The van der Waals surface area contributed by atoms with E-state index in [1.165, 1.54) is 11.0 Å². The van der Waals surface area contributed by atoms with Crippen LogP contribution < -0.4 is 0 Å². The number of nitrogens with zero attached hydrogens (tertiary/aromatic N) is 1. The predicted octanol–water partition coefficient (Wildman–Crippen LogP) is 5.96. The lowest BCUT2D eigenvalue weighted by Gasteiger charge is -2.29. The molecular weight excluding hydrogens is 387 g/mol. The average Bonchev–Trinajstić information content (AvgIpc) is 2.47. The Morgan fingerprint density at radius 2 is 1.83 bits per heavy atom. The second-order valence-corrected chi connectivity index (χ2v) is 6.62. The van der Waals surface area contributed by atoms with Crippen molar-refractivity contribution in [1.82, 2.24) is 4.90 Å². The van der Waals surface area contributed by atoms with Gasteiger partial charge in [-0.1, -0.05) is 48.7 Å². The van der Waals surface area contributed by atoms with Crippen molar-refractivity contribution in [2.75, 3.05) is 6.54 Å². The molecule has 0 aromatic heterocycles. The van der Waals surface area contributed by atoms with Crippen molar-refractivity contribution in [3.63, 3.8) is 0 Å². The largest absolute Gasteiger partial charge is 0.465 e. The minimum atomic E-state index is -4.39. The molecule has 0 heterocycles. The van der Waals surface area contributed by atoms with Crippen molar-refractivity contribution in [3.8, 4) is 0 Å². The number of hydrogen-bond acceptors (Lipinski definition) is 1. The monoisotopic (exact) mass is 409 g/mol. The lowest BCUT2D eigenvalue weighted by molar-refractivity contribution is -0.137. The van der Waals surface area contributed by atoms with Crippen LogP contribution in [0.4, 0.5) is 18.0 Å². The molecule has 1 N–H and O–H groups in total. The number of hydrogen-bond donors (Lipinski definition) is 1. The Hall–Kier alpha value is -1.24. The quantitative estimate of drug-likeness (QED) is 0.575. The number of carbonyl (C=O) groups is 1. The zero-order valence-corrected chi connectivity index (χ0v) is 15.5. The van der Waals surface area contributed by atoms with Crippen LogP contribution in [0.2, 0.25) is 0 Å². The van der Waals surface area contributed by atoms with E-state index in [9.17, 15) is 23.1 Å². The van der Waals surface area contributed by atoms with Crippen molar-refractivity contribution < 1.29 is 23.1 Å². The maximum absolute atomic E-state index is 12.7. The van der Waals surface area contributed by atoms with Gasteiger partial charge in [-0.3, -0.25) is 0 Å². The van der Waals surface area contributed by atoms with Gasteiger partial charge in [0.05, 0.1) is 5.56 Å². The predicted molar refractivity (Wildman–Crippen MR) is 91.2 cm³/mol. The molecule has 0 fully saturated rings. The summed E-state index contributed by atoms with van der Waals surface area (Å²) in [6, 6.07) is 3.42. The van der Waals surface area contributed by atoms with E-state index in [1.807, 2.05) is 13.8 Å². The van der Waals surface area contributed by atoms with Gasteiger partial charge in [0.1, 0.15) is 0 Å². The summed E-state index contributed by atoms with van der Waals surface area (Å²) in [5.41, 5.74) is -0.0518. The average molecular weight is 410 g/mol. The van der Waals surface area contributed by atoms with Gasteiger partial charge in [-0.2, -0.15) is 13.2 Å². The van der Waals surface area contributed by atoms with Crippen LogP contribution in [0.1, 0.15) is 50.7 Å². The van der Waals surface area contributed by atoms with Crippen LogP contribution in [0.15, 0.2) is 22.7 Å². The van der Waals surface area contributed by atoms with Crippen molar-refractivity contribution in [1.29, 1.82) is 0 Å². The molecule has 0 aliphatic rings. The van der Waals surface area contributed by atoms with Gasteiger partial charge in [0.25, 0.3) is 0 Å². The van der Waals surface area contributed by atoms with E-state index >= 15 is 0 Å². The third-order valence-electron chi connectivity index (χ3n) is 3.93. The highest BCUT2D eigenvalue weighted by Gasteiger charge is 2.31. The second kappa shape index (κ2) is 9.30. The van der Waals surface area contributed by atoms with Gasteiger partial charge < -0.3 is 10.0 Å². The third kappa shape index (κ3) is 6.00. The Morgan fingerprint density at radius 1 is 1.25 bits per heavy atom. The number of halogens is 4. The molecule has 0 atom stereocenters. The van der Waals surface area contributed by atoms with Gasteiger partial charge in [-0.25, -0.2) is 4.79 Å². The molecule has 1 amide bonds. The zero-order chi connectivity index (χ0) is 18.3. The van der Waals surface area contributed by atoms with Gasteiger partial charge >= 0.3 is 12.3 Å². The molecule has 0 saturated heterocycles. The molecule has 0 unspecified atom stereocenters. The molecule has 0 saturated carbocycles. The second-order valence-electron chi connectivity index (χ2n) is 5.76. The molecule has 0 radical (unpaired) electrons. The van der Waals surface area contributed by atoms with Crippen LogP contribution in [-0.2, 0) is 12.6 Å². The summed E-state index contributed by atoms with van der Waals surface area (Å²) in [6.07, 6.45) is -1.65. The summed E-state index contributed by atoms with van der Waals surface area (Å²) in [7, 11) is 0. The fourth-order valence-corrected chi connectivity index (χ4v) is 3.30. The normalized spacial score (nSPS) is 11.8. The summed E-state index contributed by atoms with van der Waals surface area (Å²) in [5, 5.41) is 9.46. The molecule has 24 heavy (non-hydrogen) atoms. The molecule has 1 aromatic rings. The summed E-state index contributed by atoms with van der Waals surface area (Å²) >= 11 is 3.16. The first kappa shape index (κ1) is 20.8. The maximum Gasteiger partial charge on any atom is 0.416 e. The van der Waals surface area contributed by atoms with Gasteiger partial charge in [0.15, 0.2) is 0 Å². The molecule has 3 nitrogen and oxygen atoms in total. The highest BCUT2D eigenvalue weighted by Crippen LogP contribution is 2.32. The van der Waals surface area contributed by atoms with E-state index in [0.29, 0.717) is 16.5 Å². The van der Waals surface area contributed by atoms with E-state index < -0.39 is 17.8 Å². The Kier molecular flexibility index (Phi) is 8.06. The minimum Gasteiger partial charge on any atom is -0.465 e. The molecular formula is C17H23BrF3NO2. The fourth-order valence-electron chi connectivity index (χ4n) is 2.72. The van der Waals surface area contributed by atoms with E-state index in [4.69, 9.17) is 0 Å². The molecule has 136 valence electrons. The third-order valence-corrected chi connectivity index (χ3v) is 4.67. The first-order valence-corrected chi connectivity index (χ1v) is 8.85. The Labute approximate surface area is 149 Å². The van der Waals surface area contributed by atoms with Crippen molar-refractivity contribution >= 4 is 22.0 Å². The smallest absolute Gasteiger partial charge is 0.416 e. The molecule has 1 aromatic carbocycles. The van der Waals surface area contributed by atoms with Crippen LogP contribution in [0, 0.1) is 0 Å². The van der Waals surface area contributed by atoms with Gasteiger partial charge in [0, 0.05) is 17.1 Å². The molecule has 1 rings (SSSR count). The first-order valence-electron chi connectivity index (χ1n) is 8.05. The Morgan fingerprint density at radius 3 is 2.25 bits per heavy atom. The van der Waals surface area contributed by atoms with E-state index in [1.54, 1.807) is 0 Å². The van der Waals surface area contributed by atoms with Crippen LogP contribution >= 0.6 is 15.9 Å². The number of rotatable bonds is 8. The number of amides is 1. The van der Waals surface area contributed by atoms with E-state index in [2.05, 4.69) is 15.9 Å². The van der Waals surface area contributed by atoms with Gasteiger partial charge in [-0.05, 0) is 37.0 Å². The van der Waals surface area contributed by atoms with Crippen molar-refractivity contribution in [2.24, 2.45) is 0 Å². The van der Waals surface area contributed by atoms with E-state index in [0.717, 1.165) is 37.8 Å². The Bertz CT molecular complexity index is 543. The van der Waals surface area contributed by atoms with Crippen LogP contribution in [0.3, 0.4) is 0 Å². The standard InChI is InChI=1S/C17H23BrF3NO2/c1-3-5-14(6-4-2)22(16(23)24)10-9-12-7-8-13(11-15(12)18)17(19,20)21/h7-8,11,14H,3-6,9-10H2,1-2H3,(H,23,24). The summed E-state index contributed by atoms with van der Waals surface area (Å²) < 4.78 is 38.4. The maximum atomic E-state index is 12.7. The molecule has 0 spiro atoms. The molecule has 7 heteroatoms. The number of carboxylic acid groups (broad SMARTS) is 1. The van der Waals surface area contributed by atoms with Gasteiger partial charge in [-0.15, -0.1) is 0 Å². The summed E-state index contributed by atoms with van der Waals surface area (Å²) in [6.45, 7) is 4.29. The van der Waals surface area contributed by atoms with Crippen LogP contribution in [0.5, 0.6) is 0 Å². The topological polar surface area (TPSA) is 40.5 Å². The summed E-state index contributed by atoms with van der Waals surface area (Å²) in [5.74, 6) is 0. The highest BCUT2D eigenvalue weighted by molar-refractivity contribution is 9.10. The van der Waals surface area contributed by atoms with Crippen LogP contribution in [-0.4, -0.2) is 28.7 Å². The Balaban J connectivity index is 2.85. The SMILES string of the molecule is CCCC(CCC)N(CCc1ccc(C(F)(F)F)cc1Br)C(=O)O. The van der Waals surface area contributed by atoms with Crippen LogP contribution in [0.25, 0.3) is 0 Å². The van der Waals surface area contributed by atoms with Crippen molar-refractivity contribution in [3.05, 3.63) is 33.8 Å². The summed E-state index contributed by atoms with van der Waals surface area (Å²) in [4.78, 5) is 13.0. The molecule has 0 bridgehead atoms. The highest BCUT2D eigenvalue weighted by atomic mass is 79.9. The van der Waals surface area contributed by atoms with Crippen molar-refractivity contribution in [2.45, 2.75) is 58.2 Å². The molecule has 0 aliphatic carbocycles. The lowest BCUT2D eigenvalue weighted by atomic mass is 10.0. The number of benzene rings is 1. The minimum absolute atomic E-state index is 0.0503. The van der Waals surface area contributed by atoms with E-state index in [-0.39, 0.29) is 12.6 Å². The van der Waals surface area contributed by atoms with Gasteiger partial charge in [0.2, 0.25) is 0 Å². The number of alkyl halides is 3. The fraction of sp³-hybridized carbons (Fsp3) is 0.588. The lowest BCUT2D eigenvalue weighted by Crippen LogP contribution is -2.40. The zero-order valence-electron chi connectivity index (χ0n) is 13.9.